The summed E-state index contributed by atoms with van der Waals surface area (Å²) in [5.41, 5.74) is 18.3. The SMILES string of the molecule is CC1(C)c2cc(-c3ccc(-c4ccccc4)cc3)ccc2-c2ccc(N(c3ccc(-c4cccc5ccccc45)cc3)c3ccccc3-c3ccccc3)cc21. The summed E-state index contributed by atoms with van der Waals surface area (Å²) in [4.78, 5) is 2.44. The highest BCUT2D eigenvalue weighted by Crippen LogP contribution is 2.52. The fraction of sp³-hybridized carbons (Fsp3) is 0.0545. The van der Waals surface area contributed by atoms with E-state index < -0.39 is 0 Å². The molecule has 9 aromatic carbocycles. The first-order valence-electron chi connectivity index (χ1n) is 19.5. The molecule has 9 aromatic rings. The molecule has 10 rings (SSSR count). The summed E-state index contributed by atoms with van der Waals surface area (Å²) in [6, 6.07) is 77.5. The molecule has 0 atom stereocenters. The third-order valence-electron chi connectivity index (χ3n) is 11.7. The molecular weight excluding hydrogens is 675 g/mol. The molecule has 0 saturated heterocycles. The van der Waals surface area contributed by atoms with E-state index in [0.29, 0.717) is 0 Å². The second-order valence-electron chi connectivity index (χ2n) is 15.4. The predicted octanol–water partition coefficient (Wildman–Crippen LogP) is 15.3. The minimum atomic E-state index is -0.191. The first-order chi connectivity index (χ1) is 27.5. The van der Waals surface area contributed by atoms with Gasteiger partial charge in [0.15, 0.2) is 0 Å². The van der Waals surface area contributed by atoms with E-state index in [2.05, 4.69) is 231 Å². The van der Waals surface area contributed by atoms with Gasteiger partial charge in [-0.05, 0) is 108 Å². The minimum absolute atomic E-state index is 0.191. The van der Waals surface area contributed by atoms with Gasteiger partial charge in [0.05, 0.1) is 5.69 Å². The largest absolute Gasteiger partial charge is 0.310 e. The smallest absolute Gasteiger partial charge is 0.0540 e. The van der Waals surface area contributed by atoms with Crippen LogP contribution in [0.1, 0.15) is 25.0 Å². The molecule has 0 amide bonds. The average Bonchev–Trinajstić information content (AvgIpc) is 3.49. The summed E-state index contributed by atoms with van der Waals surface area (Å²) in [6.07, 6.45) is 0. The maximum Gasteiger partial charge on any atom is 0.0540 e. The van der Waals surface area contributed by atoms with Crippen LogP contribution in [-0.2, 0) is 5.41 Å². The minimum Gasteiger partial charge on any atom is -0.310 e. The molecule has 1 aliphatic rings. The summed E-state index contributed by atoms with van der Waals surface area (Å²) in [7, 11) is 0. The van der Waals surface area contributed by atoms with Crippen LogP contribution in [0.5, 0.6) is 0 Å². The van der Waals surface area contributed by atoms with Crippen molar-refractivity contribution < 1.29 is 0 Å². The summed E-state index contributed by atoms with van der Waals surface area (Å²) in [5, 5.41) is 2.52. The molecule has 0 N–H and O–H groups in total. The molecule has 0 radical (unpaired) electrons. The Morgan fingerprint density at radius 3 is 1.55 bits per heavy atom. The van der Waals surface area contributed by atoms with Crippen molar-refractivity contribution >= 4 is 27.8 Å². The molecule has 0 aromatic heterocycles. The Morgan fingerprint density at radius 2 is 0.804 bits per heavy atom. The van der Waals surface area contributed by atoms with Gasteiger partial charge in [-0.15, -0.1) is 0 Å². The molecule has 1 heteroatoms. The number of hydrogen-bond acceptors (Lipinski definition) is 1. The molecular formula is C55H41N. The van der Waals surface area contributed by atoms with Gasteiger partial charge in [0, 0.05) is 22.4 Å². The molecule has 0 unspecified atom stereocenters. The maximum absolute atomic E-state index is 2.44. The van der Waals surface area contributed by atoms with Crippen molar-refractivity contribution in [2.24, 2.45) is 0 Å². The highest BCUT2D eigenvalue weighted by molar-refractivity contribution is 5.97. The number of anilines is 3. The molecule has 0 spiro atoms. The highest BCUT2D eigenvalue weighted by atomic mass is 15.1. The lowest BCUT2D eigenvalue weighted by Gasteiger charge is -2.30. The van der Waals surface area contributed by atoms with Crippen LogP contribution in [0.25, 0.3) is 66.4 Å². The van der Waals surface area contributed by atoms with E-state index in [-0.39, 0.29) is 5.41 Å². The number of nitrogens with zero attached hydrogens (tertiary/aromatic N) is 1. The van der Waals surface area contributed by atoms with Crippen LogP contribution in [0.2, 0.25) is 0 Å². The number of fused-ring (bicyclic) bond motifs is 4. The van der Waals surface area contributed by atoms with Crippen molar-refractivity contribution in [2.45, 2.75) is 19.3 Å². The lowest BCUT2D eigenvalue weighted by atomic mass is 9.81. The Bertz CT molecular complexity index is 2840. The van der Waals surface area contributed by atoms with E-state index >= 15 is 0 Å². The van der Waals surface area contributed by atoms with Crippen molar-refractivity contribution in [3.05, 3.63) is 223 Å². The van der Waals surface area contributed by atoms with Gasteiger partial charge in [0.25, 0.3) is 0 Å². The van der Waals surface area contributed by atoms with Crippen LogP contribution < -0.4 is 4.90 Å². The fourth-order valence-electron chi connectivity index (χ4n) is 8.75. The van der Waals surface area contributed by atoms with E-state index in [1.165, 1.54) is 77.5 Å². The van der Waals surface area contributed by atoms with E-state index in [0.717, 1.165) is 17.1 Å². The van der Waals surface area contributed by atoms with Gasteiger partial charge >= 0.3 is 0 Å². The molecule has 266 valence electrons. The van der Waals surface area contributed by atoms with Crippen LogP contribution in [-0.4, -0.2) is 0 Å². The second kappa shape index (κ2) is 13.7. The monoisotopic (exact) mass is 715 g/mol. The van der Waals surface area contributed by atoms with Gasteiger partial charge < -0.3 is 4.90 Å². The van der Waals surface area contributed by atoms with Crippen LogP contribution in [0.15, 0.2) is 212 Å². The van der Waals surface area contributed by atoms with E-state index in [9.17, 15) is 0 Å². The zero-order valence-electron chi connectivity index (χ0n) is 31.7. The Labute approximate surface area is 329 Å². The molecule has 0 saturated carbocycles. The third kappa shape index (κ3) is 5.81. The van der Waals surface area contributed by atoms with Crippen LogP contribution in [0.4, 0.5) is 17.1 Å². The van der Waals surface area contributed by atoms with Gasteiger partial charge in [-0.2, -0.15) is 0 Å². The lowest BCUT2D eigenvalue weighted by molar-refractivity contribution is 0.660. The summed E-state index contributed by atoms with van der Waals surface area (Å²) < 4.78 is 0. The molecule has 1 nitrogen and oxygen atoms in total. The van der Waals surface area contributed by atoms with Crippen molar-refractivity contribution in [3.63, 3.8) is 0 Å². The topological polar surface area (TPSA) is 3.24 Å². The quantitative estimate of drug-likeness (QED) is 0.159. The van der Waals surface area contributed by atoms with E-state index in [1.807, 2.05) is 0 Å². The zero-order chi connectivity index (χ0) is 37.6. The van der Waals surface area contributed by atoms with E-state index in [1.54, 1.807) is 0 Å². The van der Waals surface area contributed by atoms with Crippen molar-refractivity contribution in [3.8, 4) is 55.6 Å². The predicted molar refractivity (Wildman–Crippen MR) is 238 cm³/mol. The standard InChI is InChI=1S/C55H41N/c1-55(2)52-36-44(40-26-24-39(25-27-40)38-14-5-3-6-15-38)30-34-50(52)51-35-33-46(37-53(51)55)56(54-23-12-11-21-49(54)42-16-7-4-8-17-42)45-31-28-43(29-32-45)48-22-13-19-41-18-9-10-20-47(41)48/h3-37H,1-2H3. The third-order valence-corrected chi connectivity index (χ3v) is 11.7. The fourth-order valence-corrected chi connectivity index (χ4v) is 8.75. The highest BCUT2D eigenvalue weighted by Gasteiger charge is 2.36. The van der Waals surface area contributed by atoms with Crippen molar-refractivity contribution in [1.29, 1.82) is 0 Å². The zero-order valence-corrected chi connectivity index (χ0v) is 31.7. The Balaban J connectivity index is 1.06. The maximum atomic E-state index is 2.44. The number of rotatable bonds is 7. The number of benzene rings is 9. The van der Waals surface area contributed by atoms with Crippen LogP contribution >= 0.6 is 0 Å². The van der Waals surface area contributed by atoms with Crippen LogP contribution in [0.3, 0.4) is 0 Å². The lowest BCUT2D eigenvalue weighted by Crippen LogP contribution is -2.17. The molecule has 56 heavy (non-hydrogen) atoms. The van der Waals surface area contributed by atoms with Gasteiger partial charge in [-0.3, -0.25) is 0 Å². The Hall–Kier alpha value is -6.96. The number of hydrogen-bond donors (Lipinski definition) is 0. The summed E-state index contributed by atoms with van der Waals surface area (Å²) in [6.45, 7) is 4.76. The van der Waals surface area contributed by atoms with Gasteiger partial charge in [0.2, 0.25) is 0 Å². The Morgan fingerprint density at radius 1 is 0.321 bits per heavy atom. The first kappa shape index (κ1) is 33.6. The Kier molecular flexibility index (Phi) is 8.23. The summed E-state index contributed by atoms with van der Waals surface area (Å²) >= 11 is 0. The van der Waals surface area contributed by atoms with E-state index in [4.69, 9.17) is 0 Å². The molecule has 0 aliphatic heterocycles. The molecule has 0 heterocycles. The van der Waals surface area contributed by atoms with Gasteiger partial charge in [-0.25, -0.2) is 0 Å². The normalized spacial score (nSPS) is 12.6. The van der Waals surface area contributed by atoms with Gasteiger partial charge in [-0.1, -0.05) is 190 Å². The second-order valence-corrected chi connectivity index (χ2v) is 15.4. The van der Waals surface area contributed by atoms with Crippen LogP contribution in [0, 0.1) is 0 Å². The number of para-hydroxylation sites is 1. The summed E-state index contributed by atoms with van der Waals surface area (Å²) in [5.74, 6) is 0. The molecule has 0 fully saturated rings. The molecule has 0 bridgehead atoms. The van der Waals surface area contributed by atoms with Crippen molar-refractivity contribution in [2.75, 3.05) is 4.90 Å². The first-order valence-corrected chi connectivity index (χ1v) is 19.5. The molecule has 1 aliphatic carbocycles. The van der Waals surface area contributed by atoms with Gasteiger partial charge in [0.1, 0.15) is 0 Å². The van der Waals surface area contributed by atoms with Crippen molar-refractivity contribution in [1.82, 2.24) is 0 Å². The average molecular weight is 716 g/mol.